The maximum atomic E-state index is 11.8. The number of carbonyl (C=O) groups excluding carboxylic acids is 1. The van der Waals surface area contributed by atoms with Gasteiger partial charge in [0.2, 0.25) is 0 Å². The van der Waals surface area contributed by atoms with Gasteiger partial charge in [0, 0.05) is 6.20 Å². The largest absolute Gasteiger partial charge is 0.327 e. The van der Waals surface area contributed by atoms with Crippen molar-refractivity contribution in [1.82, 2.24) is 5.32 Å². The summed E-state index contributed by atoms with van der Waals surface area (Å²) in [6, 6.07) is 7.20. The average molecular weight is 234 g/mol. The van der Waals surface area contributed by atoms with Crippen LogP contribution in [0.3, 0.4) is 0 Å². The molecule has 4 nitrogen and oxygen atoms in total. The van der Waals surface area contributed by atoms with E-state index in [1.54, 1.807) is 12.1 Å². The molecule has 0 radical (unpaired) electrons. The minimum absolute atomic E-state index is 0.193. The smallest absolute Gasteiger partial charge is 0.274 e. The number of hydrogen-bond donors (Lipinski definition) is 1. The van der Waals surface area contributed by atoms with E-state index in [0.717, 1.165) is 5.56 Å². The molecule has 0 aliphatic carbocycles. The van der Waals surface area contributed by atoms with E-state index in [1.165, 1.54) is 12.3 Å². The zero-order valence-electron chi connectivity index (χ0n) is 8.64. The lowest BCUT2D eigenvalue weighted by Crippen LogP contribution is -2.18. The van der Waals surface area contributed by atoms with Gasteiger partial charge in [0.1, 0.15) is 5.71 Å². The third-order valence-electron chi connectivity index (χ3n) is 2.09. The van der Waals surface area contributed by atoms with Gasteiger partial charge in [-0.1, -0.05) is 17.7 Å². The zero-order chi connectivity index (χ0) is 11.5. The van der Waals surface area contributed by atoms with Gasteiger partial charge in [0.15, 0.2) is 11.0 Å². The summed E-state index contributed by atoms with van der Waals surface area (Å²) in [4.78, 5) is 11.7. The van der Waals surface area contributed by atoms with Crippen LogP contribution >= 0.6 is 0 Å². The molecular weight excluding hydrogens is 224 g/mol. The molecule has 0 saturated heterocycles. The fraction of sp³-hybridized carbons (Fsp3) is 0.0909. The Balaban J connectivity index is 2.23. The first kappa shape index (κ1) is 10.8. The minimum Gasteiger partial charge on any atom is -0.327 e. The number of carbonyl (C=O) groups is 1. The van der Waals surface area contributed by atoms with Crippen molar-refractivity contribution >= 4 is 22.6 Å². The molecule has 1 aromatic carbocycles. The molecule has 1 aliphatic heterocycles. The first-order valence-electron chi connectivity index (χ1n) is 4.71. The van der Waals surface area contributed by atoms with E-state index in [9.17, 15) is 9.00 Å². The number of aryl methyl sites for hydroxylation is 1. The minimum atomic E-state index is -1.53. The Labute approximate surface area is 95.7 Å². The molecule has 1 N–H and O–H groups in total. The summed E-state index contributed by atoms with van der Waals surface area (Å²) < 4.78 is 15.6. The van der Waals surface area contributed by atoms with Crippen molar-refractivity contribution in [2.75, 3.05) is 0 Å². The summed E-state index contributed by atoms with van der Waals surface area (Å²) in [5.41, 5.74) is 1.28. The van der Waals surface area contributed by atoms with E-state index < -0.39 is 11.0 Å². The van der Waals surface area contributed by atoms with Crippen LogP contribution in [0.2, 0.25) is 0 Å². The van der Waals surface area contributed by atoms with Crippen molar-refractivity contribution in [2.45, 2.75) is 11.8 Å². The summed E-state index contributed by atoms with van der Waals surface area (Å²) in [6.45, 7) is 1.95. The highest BCUT2D eigenvalue weighted by atomic mass is 32.2. The number of amides is 1. The lowest BCUT2D eigenvalue weighted by molar-refractivity contribution is -0.113. The lowest BCUT2D eigenvalue weighted by atomic mass is 10.2. The van der Waals surface area contributed by atoms with Gasteiger partial charge in [-0.15, -0.1) is 0 Å². The number of hydrogen-bond acceptors (Lipinski definition) is 2. The van der Waals surface area contributed by atoms with Crippen molar-refractivity contribution in [3.05, 3.63) is 42.1 Å². The van der Waals surface area contributed by atoms with E-state index in [4.69, 9.17) is 0 Å². The highest BCUT2D eigenvalue weighted by Gasteiger charge is 2.14. The topological polar surface area (TPSA) is 58.5 Å². The predicted octanol–water partition coefficient (Wildman–Crippen LogP) is 1.10. The Bertz CT molecular complexity index is 503. The molecule has 1 heterocycles. The number of nitrogens with zero attached hydrogens (tertiary/aromatic N) is 1. The quantitative estimate of drug-likeness (QED) is 0.833. The second-order valence-corrected chi connectivity index (χ2v) is 4.50. The predicted molar refractivity (Wildman–Crippen MR) is 62.3 cm³/mol. The SMILES string of the molecule is Cc1ccc(S(=O)/N=C2/C=CNC2=O)cc1. The molecule has 0 saturated carbocycles. The van der Waals surface area contributed by atoms with Gasteiger partial charge in [-0.25, -0.2) is 4.21 Å². The van der Waals surface area contributed by atoms with Crippen LogP contribution in [0.25, 0.3) is 0 Å². The van der Waals surface area contributed by atoms with E-state index >= 15 is 0 Å². The zero-order valence-corrected chi connectivity index (χ0v) is 9.45. The molecule has 1 amide bonds. The van der Waals surface area contributed by atoms with E-state index in [0.29, 0.717) is 4.90 Å². The molecule has 1 aliphatic rings. The summed E-state index contributed by atoms with van der Waals surface area (Å²) in [5, 5.41) is 2.45. The van der Waals surface area contributed by atoms with Crippen LogP contribution in [0.4, 0.5) is 0 Å². The standard InChI is InChI=1S/C11H10N2O2S/c1-8-2-4-9(5-3-8)16(15)13-10-6-7-12-11(10)14/h2-7H,1H3,(H,12,13,14). The Morgan fingerprint density at radius 2 is 1.94 bits per heavy atom. The van der Waals surface area contributed by atoms with Crippen molar-refractivity contribution < 1.29 is 9.00 Å². The van der Waals surface area contributed by atoms with Gasteiger partial charge >= 0.3 is 0 Å². The summed E-state index contributed by atoms with van der Waals surface area (Å²) in [6.07, 6.45) is 2.99. The van der Waals surface area contributed by atoms with Gasteiger partial charge in [-0.2, -0.15) is 4.40 Å². The van der Waals surface area contributed by atoms with Crippen LogP contribution in [0, 0.1) is 6.92 Å². The van der Waals surface area contributed by atoms with Crippen LogP contribution in [-0.4, -0.2) is 15.8 Å². The third-order valence-corrected chi connectivity index (χ3v) is 3.13. The fourth-order valence-corrected chi connectivity index (χ4v) is 2.01. The number of benzene rings is 1. The van der Waals surface area contributed by atoms with Gasteiger partial charge in [0.05, 0.1) is 4.90 Å². The van der Waals surface area contributed by atoms with Crippen LogP contribution < -0.4 is 5.32 Å². The monoisotopic (exact) mass is 234 g/mol. The van der Waals surface area contributed by atoms with Crippen molar-refractivity contribution in [3.8, 4) is 0 Å². The second-order valence-electron chi connectivity index (χ2n) is 3.35. The molecule has 5 heteroatoms. The molecule has 0 bridgehead atoms. The van der Waals surface area contributed by atoms with Crippen LogP contribution in [0.5, 0.6) is 0 Å². The number of rotatable bonds is 2. The van der Waals surface area contributed by atoms with Crippen LogP contribution in [0.15, 0.2) is 45.8 Å². The molecule has 1 unspecified atom stereocenters. The van der Waals surface area contributed by atoms with Crippen molar-refractivity contribution in [1.29, 1.82) is 0 Å². The third kappa shape index (κ3) is 2.25. The van der Waals surface area contributed by atoms with Crippen LogP contribution in [-0.2, 0) is 15.8 Å². The Morgan fingerprint density at radius 1 is 1.25 bits per heavy atom. The molecular formula is C11H10N2O2S. The van der Waals surface area contributed by atoms with E-state index in [1.807, 2.05) is 19.1 Å². The van der Waals surface area contributed by atoms with Gasteiger partial charge in [-0.3, -0.25) is 4.79 Å². The Morgan fingerprint density at radius 3 is 2.50 bits per heavy atom. The summed E-state index contributed by atoms with van der Waals surface area (Å²) in [5.74, 6) is -0.319. The summed E-state index contributed by atoms with van der Waals surface area (Å²) in [7, 11) is -1.53. The molecule has 0 fully saturated rings. The summed E-state index contributed by atoms with van der Waals surface area (Å²) >= 11 is 0. The number of nitrogens with one attached hydrogen (secondary N) is 1. The van der Waals surface area contributed by atoms with E-state index in [-0.39, 0.29) is 11.6 Å². The maximum Gasteiger partial charge on any atom is 0.274 e. The average Bonchev–Trinajstić information content (AvgIpc) is 2.65. The second kappa shape index (κ2) is 4.40. The van der Waals surface area contributed by atoms with Crippen molar-refractivity contribution in [2.24, 2.45) is 4.40 Å². The molecule has 0 aromatic heterocycles. The molecule has 0 spiro atoms. The fourth-order valence-electron chi connectivity index (χ4n) is 1.21. The molecule has 2 rings (SSSR count). The highest BCUT2D eigenvalue weighted by molar-refractivity contribution is 7.84. The molecule has 82 valence electrons. The molecule has 16 heavy (non-hydrogen) atoms. The Kier molecular flexibility index (Phi) is 2.96. The van der Waals surface area contributed by atoms with Gasteiger partial charge < -0.3 is 5.32 Å². The normalized spacial score (nSPS) is 18.8. The highest BCUT2D eigenvalue weighted by Crippen LogP contribution is 2.10. The van der Waals surface area contributed by atoms with Crippen LogP contribution in [0.1, 0.15) is 5.56 Å². The molecule has 1 aromatic rings. The lowest BCUT2D eigenvalue weighted by Gasteiger charge is -1.97. The van der Waals surface area contributed by atoms with Gasteiger partial charge in [0.25, 0.3) is 5.91 Å². The molecule has 1 atom stereocenters. The first-order chi connectivity index (χ1) is 7.66. The van der Waals surface area contributed by atoms with Gasteiger partial charge in [-0.05, 0) is 25.1 Å². The van der Waals surface area contributed by atoms with E-state index in [2.05, 4.69) is 9.71 Å². The Hall–Kier alpha value is -1.75. The first-order valence-corrected chi connectivity index (χ1v) is 5.82. The maximum absolute atomic E-state index is 11.8. The van der Waals surface area contributed by atoms with Crippen molar-refractivity contribution in [3.63, 3.8) is 0 Å².